The summed E-state index contributed by atoms with van der Waals surface area (Å²) in [7, 11) is 0. The summed E-state index contributed by atoms with van der Waals surface area (Å²) in [6.45, 7) is 6.01. The second-order valence-corrected chi connectivity index (χ2v) is 7.49. The van der Waals surface area contributed by atoms with E-state index >= 15 is 0 Å². The molecule has 122 valence electrons. The van der Waals surface area contributed by atoms with E-state index in [0.717, 1.165) is 52.9 Å². The van der Waals surface area contributed by atoms with E-state index in [2.05, 4.69) is 27.9 Å². The molecule has 0 amide bonds. The van der Waals surface area contributed by atoms with Crippen molar-refractivity contribution >= 4 is 23.3 Å². The summed E-state index contributed by atoms with van der Waals surface area (Å²) in [6, 6.07) is 5.93. The van der Waals surface area contributed by atoms with Crippen LogP contribution in [0.1, 0.15) is 25.3 Å². The number of hydrogen-bond acceptors (Lipinski definition) is 6. The minimum absolute atomic E-state index is 0.0511. The van der Waals surface area contributed by atoms with Gasteiger partial charge >= 0.3 is 0 Å². The molecule has 0 spiro atoms. The highest BCUT2D eigenvalue weighted by Crippen LogP contribution is 2.31. The fourth-order valence-electron chi connectivity index (χ4n) is 2.63. The van der Waals surface area contributed by atoms with Gasteiger partial charge in [-0.3, -0.25) is 0 Å². The Morgan fingerprint density at radius 3 is 2.57 bits per heavy atom. The molecule has 3 rings (SSSR count). The normalized spacial score (nSPS) is 17.3. The van der Waals surface area contributed by atoms with E-state index in [1.165, 1.54) is 0 Å². The first-order valence-electron chi connectivity index (χ1n) is 7.83. The predicted molar refractivity (Wildman–Crippen MR) is 95.8 cm³/mol. The lowest BCUT2D eigenvalue weighted by atomic mass is 9.91. The number of nitrogen functional groups attached to an aromatic ring is 1. The van der Waals surface area contributed by atoms with Crippen molar-refractivity contribution in [3.8, 4) is 0 Å². The van der Waals surface area contributed by atoms with Crippen LogP contribution in [0.5, 0.6) is 0 Å². The summed E-state index contributed by atoms with van der Waals surface area (Å²) in [6.07, 6.45) is 5.64. The van der Waals surface area contributed by atoms with Gasteiger partial charge < -0.3 is 16.4 Å². The molecule has 6 heteroatoms. The molecule has 1 aromatic heterocycles. The van der Waals surface area contributed by atoms with E-state index in [4.69, 9.17) is 11.5 Å². The number of nitrogens with two attached hydrogens (primary N) is 2. The molecular weight excluding hydrogens is 306 g/mol. The average molecular weight is 329 g/mol. The summed E-state index contributed by atoms with van der Waals surface area (Å²) in [5, 5.41) is 0.878. The first-order chi connectivity index (χ1) is 10.9. The summed E-state index contributed by atoms with van der Waals surface area (Å²) >= 11 is 1.59. The SMILES string of the molecule is Cc1c(N)cccc1Sc1cnc(N2CCC(C)(N)CC2)cn1. The predicted octanol–water partition coefficient (Wildman–Crippen LogP) is 2.84. The van der Waals surface area contributed by atoms with Crippen LogP contribution in [-0.4, -0.2) is 28.6 Å². The second-order valence-electron chi connectivity index (χ2n) is 6.43. The molecule has 0 radical (unpaired) electrons. The van der Waals surface area contributed by atoms with Crippen molar-refractivity contribution in [2.75, 3.05) is 23.7 Å². The third-order valence-electron chi connectivity index (χ3n) is 4.38. The van der Waals surface area contributed by atoms with Crippen molar-refractivity contribution in [1.82, 2.24) is 9.97 Å². The van der Waals surface area contributed by atoms with Gasteiger partial charge in [-0.1, -0.05) is 17.8 Å². The number of hydrogen-bond donors (Lipinski definition) is 2. The molecule has 23 heavy (non-hydrogen) atoms. The fraction of sp³-hybridized carbons (Fsp3) is 0.412. The van der Waals surface area contributed by atoms with E-state index in [1.807, 2.05) is 31.5 Å². The molecule has 5 nitrogen and oxygen atoms in total. The zero-order valence-electron chi connectivity index (χ0n) is 13.6. The van der Waals surface area contributed by atoms with Gasteiger partial charge in [-0.05, 0) is 44.4 Å². The Balaban J connectivity index is 1.69. The number of rotatable bonds is 3. The highest BCUT2D eigenvalue weighted by atomic mass is 32.2. The van der Waals surface area contributed by atoms with E-state index < -0.39 is 0 Å². The molecule has 1 fully saturated rings. The molecular formula is C17H23N5S. The van der Waals surface area contributed by atoms with Gasteiger partial charge in [-0.15, -0.1) is 0 Å². The lowest BCUT2D eigenvalue weighted by Gasteiger charge is -2.37. The Morgan fingerprint density at radius 2 is 1.91 bits per heavy atom. The molecule has 0 saturated carbocycles. The Bertz CT molecular complexity index is 674. The van der Waals surface area contributed by atoms with Crippen LogP contribution in [0.15, 0.2) is 40.5 Å². The summed E-state index contributed by atoms with van der Waals surface area (Å²) < 4.78 is 0. The van der Waals surface area contributed by atoms with Gasteiger partial charge in [0, 0.05) is 29.2 Å². The molecule has 0 unspecified atom stereocenters. The maximum absolute atomic E-state index is 6.18. The van der Waals surface area contributed by atoms with Crippen molar-refractivity contribution in [3.63, 3.8) is 0 Å². The van der Waals surface area contributed by atoms with E-state index in [0.29, 0.717) is 0 Å². The number of benzene rings is 1. The monoisotopic (exact) mass is 329 g/mol. The summed E-state index contributed by atoms with van der Waals surface area (Å²) in [5.41, 5.74) is 14.0. The highest BCUT2D eigenvalue weighted by molar-refractivity contribution is 7.99. The Hall–Kier alpha value is -1.79. The van der Waals surface area contributed by atoms with Crippen LogP contribution in [0.25, 0.3) is 0 Å². The number of aromatic nitrogens is 2. The van der Waals surface area contributed by atoms with E-state index in [-0.39, 0.29) is 5.54 Å². The zero-order chi connectivity index (χ0) is 16.4. The van der Waals surface area contributed by atoms with E-state index in [1.54, 1.807) is 11.8 Å². The lowest BCUT2D eigenvalue weighted by Crippen LogP contribution is -2.48. The summed E-state index contributed by atoms with van der Waals surface area (Å²) in [4.78, 5) is 12.5. The zero-order valence-corrected chi connectivity index (χ0v) is 14.4. The van der Waals surface area contributed by atoms with Gasteiger partial charge in [-0.25, -0.2) is 9.97 Å². The Morgan fingerprint density at radius 1 is 1.17 bits per heavy atom. The van der Waals surface area contributed by atoms with Crippen LogP contribution in [-0.2, 0) is 0 Å². The van der Waals surface area contributed by atoms with Crippen molar-refractivity contribution in [2.45, 2.75) is 42.1 Å². The maximum atomic E-state index is 6.18. The molecule has 1 saturated heterocycles. The third-order valence-corrected chi connectivity index (χ3v) is 5.47. The first-order valence-corrected chi connectivity index (χ1v) is 8.65. The van der Waals surface area contributed by atoms with Gasteiger partial charge in [-0.2, -0.15) is 0 Å². The minimum atomic E-state index is -0.0511. The van der Waals surface area contributed by atoms with Gasteiger partial charge in [0.05, 0.1) is 12.4 Å². The quantitative estimate of drug-likeness (QED) is 0.843. The Labute approximate surface area is 141 Å². The topological polar surface area (TPSA) is 81.1 Å². The largest absolute Gasteiger partial charge is 0.398 e. The standard InChI is InChI=1S/C17H23N5S/c1-12-13(18)4-3-5-14(12)23-16-11-20-15(10-21-16)22-8-6-17(2,19)7-9-22/h3-5,10-11H,6-9,18-19H2,1-2H3. The van der Waals surface area contributed by atoms with Crippen LogP contribution < -0.4 is 16.4 Å². The van der Waals surface area contributed by atoms with Crippen LogP contribution in [0, 0.1) is 6.92 Å². The number of piperidine rings is 1. The Kier molecular flexibility index (Phi) is 4.46. The molecule has 2 aromatic rings. The van der Waals surface area contributed by atoms with Crippen molar-refractivity contribution < 1.29 is 0 Å². The molecule has 1 aromatic carbocycles. The molecule has 4 N–H and O–H groups in total. The van der Waals surface area contributed by atoms with Crippen LogP contribution in [0.3, 0.4) is 0 Å². The second kappa shape index (κ2) is 6.37. The fourth-order valence-corrected chi connectivity index (χ4v) is 3.48. The number of anilines is 2. The van der Waals surface area contributed by atoms with Gasteiger partial charge in [0.1, 0.15) is 10.8 Å². The molecule has 0 atom stereocenters. The molecule has 1 aliphatic heterocycles. The van der Waals surface area contributed by atoms with Gasteiger partial charge in [0.15, 0.2) is 0 Å². The van der Waals surface area contributed by atoms with Gasteiger partial charge in [0.2, 0.25) is 0 Å². The molecule has 0 bridgehead atoms. The lowest BCUT2D eigenvalue weighted by molar-refractivity contribution is 0.363. The molecule has 1 aliphatic rings. The van der Waals surface area contributed by atoms with E-state index in [9.17, 15) is 0 Å². The van der Waals surface area contributed by atoms with Crippen molar-refractivity contribution in [1.29, 1.82) is 0 Å². The van der Waals surface area contributed by atoms with Crippen LogP contribution >= 0.6 is 11.8 Å². The molecule has 2 heterocycles. The first kappa shape index (κ1) is 16.1. The van der Waals surface area contributed by atoms with Gasteiger partial charge in [0.25, 0.3) is 0 Å². The smallest absolute Gasteiger partial charge is 0.147 e. The van der Waals surface area contributed by atoms with Crippen LogP contribution in [0.2, 0.25) is 0 Å². The third kappa shape index (κ3) is 3.76. The highest BCUT2D eigenvalue weighted by Gasteiger charge is 2.26. The summed E-state index contributed by atoms with van der Waals surface area (Å²) in [5.74, 6) is 0.925. The average Bonchev–Trinajstić information content (AvgIpc) is 2.53. The molecule has 0 aliphatic carbocycles. The van der Waals surface area contributed by atoms with Crippen molar-refractivity contribution in [2.24, 2.45) is 5.73 Å². The van der Waals surface area contributed by atoms with Crippen LogP contribution in [0.4, 0.5) is 11.5 Å². The minimum Gasteiger partial charge on any atom is -0.398 e. The maximum Gasteiger partial charge on any atom is 0.147 e. The van der Waals surface area contributed by atoms with Crippen molar-refractivity contribution in [3.05, 3.63) is 36.2 Å². The number of nitrogens with zero attached hydrogens (tertiary/aromatic N) is 3.